The predicted octanol–water partition coefficient (Wildman–Crippen LogP) is 2.62. The summed E-state index contributed by atoms with van der Waals surface area (Å²) in [7, 11) is -2.30. The molecule has 1 amide bonds. The molecule has 142 valence electrons. The van der Waals surface area contributed by atoms with Crippen LogP contribution in [0, 0.1) is 0 Å². The van der Waals surface area contributed by atoms with Crippen molar-refractivity contribution in [3.63, 3.8) is 0 Å². The maximum atomic E-state index is 12.4. The summed E-state index contributed by atoms with van der Waals surface area (Å²) in [6, 6.07) is 13.0. The lowest BCUT2D eigenvalue weighted by atomic mass is 10.0. The number of esters is 1. The van der Waals surface area contributed by atoms with Gasteiger partial charge in [0, 0.05) is 0 Å². The summed E-state index contributed by atoms with van der Waals surface area (Å²) in [6.07, 6.45) is -0.404. The highest BCUT2D eigenvalue weighted by atomic mass is 32.2. The Hall–Kier alpha value is -2.87. The zero-order valence-corrected chi connectivity index (χ0v) is 15.5. The number of rotatable bonds is 4. The molecule has 2 aromatic carbocycles. The fourth-order valence-electron chi connectivity index (χ4n) is 2.93. The van der Waals surface area contributed by atoms with Crippen molar-refractivity contribution in [1.29, 1.82) is 0 Å². The molecular weight excluding hydrogens is 370 g/mol. The first-order chi connectivity index (χ1) is 12.9. The first-order valence-corrected chi connectivity index (χ1v) is 9.98. The van der Waals surface area contributed by atoms with E-state index >= 15 is 0 Å². The van der Waals surface area contributed by atoms with Gasteiger partial charge in [-0.2, -0.15) is 0 Å². The van der Waals surface area contributed by atoms with E-state index in [2.05, 4.69) is 10.1 Å². The van der Waals surface area contributed by atoms with Crippen LogP contribution in [0.3, 0.4) is 0 Å². The monoisotopic (exact) mass is 389 g/mol. The van der Waals surface area contributed by atoms with Gasteiger partial charge in [-0.05, 0) is 29.7 Å². The van der Waals surface area contributed by atoms with Crippen LogP contribution in [0.1, 0.15) is 33.9 Å². The van der Waals surface area contributed by atoms with Gasteiger partial charge >= 0.3 is 12.1 Å². The molecule has 1 unspecified atom stereocenters. The highest BCUT2D eigenvalue weighted by Crippen LogP contribution is 2.33. The predicted molar refractivity (Wildman–Crippen MR) is 97.0 cm³/mol. The van der Waals surface area contributed by atoms with Crippen molar-refractivity contribution in [2.24, 2.45) is 0 Å². The van der Waals surface area contributed by atoms with Crippen LogP contribution in [0.15, 0.2) is 53.4 Å². The van der Waals surface area contributed by atoms with Crippen LogP contribution in [-0.4, -0.2) is 33.3 Å². The lowest BCUT2D eigenvalue weighted by Gasteiger charge is -2.26. The smallest absolute Gasteiger partial charge is 0.407 e. The number of fused-ring (bicyclic) bond motifs is 1. The highest BCUT2D eigenvalue weighted by Gasteiger charge is 2.32. The fraction of sp³-hybridized carbons (Fsp3) is 0.263. The van der Waals surface area contributed by atoms with E-state index in [1.54, 1.807) is 0 Å². The second-order valence-corrected chi connectivity index (χ2v) is 8.19. The van der Waals surface area contributed by atoms with E-state index in [1.165, 1.54) is 25.3 Å². The summed E-state index contributed by atoms with van der Waals surface area (Å²) < 4.78 is 34.6. The van der Waals surface area contributed by atoms with Crippen molar-refractivity contribution in [2.45, 2.75) is 24.0 Å². The summed E-state index contributed by atoms with van der Waals surface area (Å²) in [5.41, 5.74) is 1.43. The van der Waals surface area contributed by atoms with E-state index in [0.717, 1.165) is 5.56 Å². The van der Waals surface area contributed by atoms with E-state index in [4.69, 9.17) is 4.74 Å². The summed E-state index contributed by atoms with van der Waals surface area (Å²) in [4.78, 5) is 23.8. The molecule has 1 aliphatic heterocycles. The van der Waals surface area contributed by atoms with Gasteiger partial charge < -0.3 is 14.8 Å². The molecule has 0 spiro atoms. The Bertz CT molecular complexity index is 955. The van der Waals surface area contributed by atoms with E-state index in [1.807, 2.05) is 30.3 Å². The number of alkyl carbamates (subject to hydrolysis) is 1. The van der Waals surface area contributed by atoms with E-state index in [-0.39, 0.29) is 29.2 Å². The van der Waals surface area contributed by atoms with Gasteiger partial charge in [0.25, 0.3) is 0 Å². The van der Waals surface area contributed by atoms with Crippen LogP contribution in [0.5, 0.6) is 0 Å². The molecule has 1 N–H and O–H groups in total. The molecule has 0 aromatic heterocycles. The number of amides is 1. The molecule has 27 heavy (non-hydrogen) atoms. The summed E-state index contributed by atoms with van der Waals surface area (Å²) in [6.45, 7) is 0.117. The van der Waals surface area contributed by atoms with Gasteiger partial charge in [-0.15, -0.1) is 0 Å². The molecule has 0 radical (unpaired) electrons. The van der Waals surface area contributed by atoms with Crippen LogP contribution in [0.2, 0.25) is 0 Å². The van der Waals surface area contributed by atoms with E-state index < -0.39 is 27.9 Å². The Kier molecular flexibility index (Phi) is 5.46. The molecule has 0 bridgehead atoms. The maximum absolute atomic E-state index is 12.4. The van der Waals surface area contributed by atoms with Gasteiger partial charge in [0.1, 0.15) is 6.61 Å². The first-order valence-electron chi connectivity index (χ1n) is 8.33. The molecule has 3 rings (SSSR count). The molecule has 0 saturated carbocycles. The van der Waals surface area contributed by atoms with E-state index in [0.29, 0.717) is 5.56 Å². The number of carbonyl (C=O) groups is 2. The molecule has 7 nitrogen and oxygen atoms in total. The Morgan fingerprint density at radius 3 is 2.59 bits per heavy atom. The van der Waals surface area contributed by atoms with Crippen LogP contribution < -0.4 is 5.32 Å². The summed E-state index contributed by atoms with van der Waals surface area (Å²) >= 11 is 0. The van der Waals surface area contributed by atoms with Crippen molar-refractivity contribution < 1.29 is 27.5 Å². The van der Waals surface area contributed by atoms with Crippen LogP contribution in [0.4, 0.5) is 4.79 Å². The topological polar surface area (TPSA) is 98.8 Å². The maximum Gasteiger partial charge on any atom is 0.407 e. The van der Waals surface area contributed by atoms with Crippen LogP contribution >= 0.6 is 0 Å². The third kappa shape index (κ3) is 4.28. The second kappa shape index (κ2) is 7.79. The number of hydrogen-bond donors (Lipinski definition) is 1. The lowest BCUT2D eigenvalue weighted by molar-refractivity contribution is 0.0600. The summed E-state index contributed by atoms with van der Waals surface area (Å²) in [5.74, 6) is -0.751. The second-order valence-electron chi connectivity index (χ2n) is 6.11. The Morgan fingerprint density at radius 1 is 1.15 bits per heavy atom. The highest BCUT2D eigenvalue weighted by molar-refractivity contribution is 7.91. The molecule has 8 heteroatoms. The van der Waals surface area contributed by atoms with Gasteiger partial charge in [-0.1, -0.05) is 36.4 Å². The van der Waals surface area contributed by atoms with Crippen LogP contribution in [-0.2, 0) is 25.9 Å². The molecule has 0 fully saturated rings. The zero-order chi connectivity index (χ0) is 19.4. The minimum Gasteiger partial charge on any atom is -0.465 e. The molecule has 1 aliphatic rings. The normalized spacial score (nSPS) is 17.4. The number of sulfone groups is 1. The molecule has 2 aromatic rings. The van der Waals surface area contributed by atoms with Crippen molar-refractivity contribution in [3.8, 4) is 0 Å². The quantitative estimate of drug-likeness (QED) is 0.807. The number of carbonyl (C=O) groups excluding carboxylic acids is 2. The number of nitrogens with one attached hydrogen (secondary N) is 1. The lowest BCUT2D eigenvalue weighted by Crippen LogP contribution is -2.34. The third-order valence-corrected chi connectivity index (χ3v) is 6.12. The van der Waals surface area contributed by atoms with Crippen molar-refractivity contribution in [3.05, 3.63) is 65.2 Å². The van der Waals surface area contributed by atoms with E-state index in [9.17, 15) is 18.0 Å². The number of methoxy groups -OCH3 is 1. The van der Waals surface area contributed by atoms with Gasteiger partial charge in [-0.3, -0.25) is 0 Å². The first kappa shape index (κ1) is 18.9. The third-order valence-electron chi connectivity index (χ3n) is 4.33. The molecular formula is C19H19NO6S. The van der Waals surface area contributed by atoms with Gasteiger partial charge in [0.15, 0.2) is 9.84 Å². The van der Waals surface area contributed by atoms with Gasteiger partial charge in [-0.25, -0.2) is 18.0 Å². The largest absolute Gasteiger partial charge is 0.465 e. The standard InChI is InChI=1S/C19H19NO6S/c1-25-18(21)14-7-8-15-16(9-10-27(23,24)17(15)11-14)20-19(22)26-12-13-5-3-2-4-6-13/h2-8,11,16H,9-10,12H2,1H3,(H,20,22). The SMILES string of the molecule is COC(=O)c1ccc2c(c1)S(=O)(=O)CCC2NC(=O)OCc1ccccc1. The number of hydrogen-bond acceptors (Lipinski definition) is 6. The Morgan fingerprint density at radius 2 is 1.89 bits per heavy atom. The minimum absolute atomic E-state index is 0.0324. The average Bonchev–Trinajstić information content (AvgIpc) is 2.68. The molecule has 1 atom stereocenters. The van der Waals surface area contributed by atoms with Crippen molar-refractivity contribution in [1.82, 2.24) is 5.32 Å². The number of ether oxygens (including phenoxy) is 2. The van der Waals surface area contributed by atoms with Crippen molar-refractivity contribution in [2.75, 3.05) is 12.9 Å². The van der Waals surface area contributed by atoms with Gasteiger partial charge in [0.2, 0.25) is 0 Å². The minimum atomic E-state index is -3.53. The molecule has 0 saturated heterocycles. The van der Waals surface area contributed by atoms with Gasteiger partial charge in [0.05, 0.1) is 29.4 Å². The fourth-order valence-corrected chi connectivity index (χ4v) is 4.57. The molecule has 0 aliphatic carbocycles. The Labute approximate surface area is 157 Å². The van der Waals surface area contributed by atoms with Crippen LogP contribution in [0.25, 0.3) is 0 Å². The number of benzene rings is 2. The Balaban J connectivity index is 1.76. The van der Waals surface area contributed by atoms with Crippen molar-refractivity contribution >= 4 is 21.9 Å². The summed E-state index contributed by atoms with van der Waals surface area (Å²) in [5, 5.41) is 2.70. The zero-order valence-electron chi connectivity index (χ0n) is 14.7. The average molecular weight is 389 g/mol. The molecule has 1 heterocycles.